The van der Waals surface area contributed by atoms with Crippen LogP contribution in [0.4, 0.5) is 0 Å². The highest BCUT2D eigenvalue weighted by molar-refractivity contribution is 5.78. The summed E-state index contributed by atoms with van der Waals surface area (Å²) in [6.07, 6.45) is 0.672. The van der Waals surface area contributed by atoms with Crippen LogP contribution in [0.25, 0.3) is 0 Å². The van der Waals surface area contributed by atoms with Gasteiger partial charge in [0.05, 0.1) is 18.7 Å². The molecular weight excluding hydrogens is 388 g/mol. The maximum absolute atomic E-state index is 13.0. The maximum atomic E-state index is 13.0. The second-order valence-corrected chi connectivity index (χ2v) is 10.5. The van der Waals surface area contributed by atoms with Gasteiger partial charge in [-0.3, -0.25) is 14.5 Å². The lowest BCUT2D eigenvalue weighted by Gasteiger charge is -2.35. The summed E-state index contributed by atoms with van der Waals surface area (Å²) >= 11 is 0. The van der Waals surface area contributed by atoms with Gasteiger partial charge in [-0.25, -0.2) is 0 Å². The van der Waals surface area contributed by atoms with Crippen LogP contribution in [0.2, 0.25) is 0 Å². The first-order chi connectivity index (χ1) is 13.4. The molecule has 0 aliphatic carbocycles. The highest BCUT2D eigenvalue weighted by Gasteiger charge is 2.34. The van der Waals surface area contributed by atoms with Gasteiger partial charge in [0.15, 0.2) is 6.29 Å². The predicted molar refractivity (Wildman–Crippen MR) is 117 cm³/mol. The molecule has 0 radical (unpaired) electrons. The third-order valence-corrected chi connectivity index (χ3v) is 3.68. The van der Waals surface area contributed by atoms with E-state index in [1.807, 2.05) is 20.8 Å². The van der Waals surface area contributed by atoms with E-state index in [-0.39, 0.29) is 13.1 Å². The van der Waals surface area contributed by atoms with Crippen LogP contribution in [0.1, 0.15) is 81.6 Å². The lowest BCUT2D eigenvalue weighted by atomic mass is 10.1. The number of aliphatic hydroxyl groups is 1. The standard InChI is InChI=1S/C22H44N2O6/c1-20(2,3)28-17(25)14-24(15-18(26)29-21(4,5)6)16(12-10-11-13-23)19(27)30-22(7,8)9/h16-17,25H,10-15,23H2,1-9H3. The topological polar surface area (TPSA) is 111 Å². The van der Waals surface area contributed by atoms with E-state index >= 15 is 0 Å². The minimum Gasteiger partial charge on any atom is -0.459 e. The van der Waals surface area contributed by atoms with Crippen molar-refractivity contribution in [2.75, 3.05) is 19.6 Å². The van der Waals surface area contributed by atoms with E-state index in [2.05, 4.69) is 0 Å². The van der Waals surface area contributed by atoms with Crippen molar-refractivity contribution in [3.63, 3.8) is 0 Å². The van der Waals surface area contributed by atoms with Crippen molar-refractivity contribution >= 4 is 11.9 Å². The number of carbonyl (C=O) groups excluding carboxylic acids is 2. The average Bonchev–Trinajstić information content (AvgIpc) is 2.45. The Morgan fingerprint density at radius 3 is 1.87 bits per heavy atom. The molecule has 0 saturated heterocycles. The summed E-state index contributed by atoms with van der Waals surface area (Å²) in [6.45, 7) is 16.5. The van der Waals surface area contributed by atoms with Crippen LogP contribution in [-0.4, -0.2) is 70.7 Å². The SMILES string of the molecule is CC(C)(C)OC(=O)CN(CC(O)OC(C)(C)C)C(CCCCN)C(=O)OC(C)(C)C. The molecule has 30 heavy (non-hydrogen) atoms. The number of carbonyl (C=O) groups is 2. The summed E-state index contributed by atoms with van der Waals surface area (Å²) < 4.78 is 16.6. The van der Waals surface area contributed by atoms with Crippen molar-refractivity contribution in [2.24, 2.45) is 5.73 Å². The van der Waals surface area contributed by atoms with E-state index in [9.17, 15) is 14.7 Å². The van der Waals surface area contributed by atoms with Crippen molar-refractivity contribution in [1.82, 2.24) is 4.90 Å². The van der Waals surface area contributed by atoms with Gasteiger partial charge >= 0.3 is 11.9 Å². The van der Waals surface area contributed by atoms with Gasteiger partial charge in [0, 0.05) is 0 Å². The highest BCUT2D eigenvalue weighted by atomic mass is 16.6. The molecule has 0 aliphatic rings. The zero-order valence-corrected chi connectivity index (χ0v) is 20.4. The number of ether oxygens (including phenoxy) is 3. The van der Waals surface area contributed by atoms with Crippen LogP contribution in [0, 0.1) is 0 Å². The van der Waals surface area contributed by atoms with Crippen LogP contribution in [0.5, 0.6) is 0 Å². The molecule has 0 aromatic carbocycles. The molecule has 0 saturated carbocycles. The summed E-state index contributed by atoms with van der Waals surface area (Å²) in [7, 11) is 0. The first-order valence-electron chi connectivity index (χ1n) is 10.7. The van der Waals surface area contributed by atoms with Crippen molar-refractivity contribution in [1.29, 1.82) is 0 Å². The minimum absolute atomic E-state index is 0.0386. The van der Waals surface area contributed by atoms with Crippen LogP contribution in [-0.2, 0) is 23.8 Å². The number of hydrogen-bond acceptors (Lipinski definition) is 8. The first-order valence-corrected chi connectivity index (χ1v) is 10.7. The Bertz CT molecular complexity index is 531. The molecule has 0 fully saturated rings. The number of rotatable bonds is 11. The molecule has 0 amide bonds. The van der Waals surface area contributed by atoms with Gasteiger partial charge in [0.1, 0.15) is 17.2 Å². The largest absolute Gasteiger partial charge is 0.459 e. The van der Waals surface area contributed by atoms with Gasteiger partial charge in [-0.15, -0.1) is 0 Å². The van der Waals surface area contributed by atoms with Crippen molar-refractivity contribution in [2.45, 2.75) is 111 Å². The Kier molecular flexibility index (Phi) is 11.5. The lowest BCUT2D eigenvalue weighted by Crippen LogP contribution is -2.51. The molecule has 0 aromatic rings. The molecule has 2 unspecified atom stereocenters. The minimum atomic E-state index is -1.19. The van der Waals surface area contributed by atoms with Crippen molar-refractivity contribution in [3.8, 4) is 0 Å². The quantitative estimate of drug-likeness (QED) is 0.291. The molecule has 3 N–H and O–H groups in total. The van der Waals surface area contributed by atoms with Crippen molar-refractivity contribution in [3.05, 3.63) is 0 Å². The van der Waals surface area contributed by atoms with Crippen LogP contribution >= 0.6 is 0 Å². The first kappa shape index (κ1) is 28.8. The fourth-order valence-electron chi connectivity index (χ4n) is 2.79. The number of nitrogens with zero attached hydrogens (tertiary/aromatic N) is 1. The third-order valence-electron chi connectivity index (χ3n) is 3.68. The van der Waals surface area contributed by atoms with E-state index in [0.717, 1.165) is 6.42 Å². The maximum Gasteiger partial charge on any atom is 0.323 e. The van der Waals surface area contributed by atoms with Gasteiger partial charge in [-0.2, -0.15) is 0 Å². The molecular formula is C22H44N2O6. The fraction of sp³-hybridized carbons (Fsp3) is 0.909. The number of esters is 2. The highest BCUT2D eigenvalue weighted by Crippen LogP contribution is 2.19. The molecule has 0 rings (SSSR count). The van der Waals surface area contributed by atoms with Crippen LogP contribution < -0.4 is 5.73 Å². The Hall–Kier alpha value is -1.22. The van der Waals surface area contributed by atoms with E-state index in [4.69, 9.17) is 19.9 Å². The normalized spacial score (nSPS) is 15.1. The number of nitrogens with two attached hydrogens (primary N) is 1. The van der Waals surface area contributed by atoms with Gasteiger partial charge in [-0.05, 0) is 81.7 Å². The Morgan fingerprint density at radius 1 is 0.900 bits per heavy atom. The summed E-state index contributed by atoms with van der Waals surface area (Å²) in [5, 5.41) is 10.4. The van der Waals surface area contributed by atoms with Gasteiger partial charge in [0.25, 0.3) is 0 Å². The van der Waals surface area contributed by atoms with Crippen molar-refractivity contribution < 1.29 is 28.9 Å². The molecule has 8 heteroatoms. The molecule has 0 spiro atoms. The fourth-order valence-corrected chi connectivity index (χ4v) is 2.79. The second kappa shape index (κ2) is 12.0. The van der Waals surface area contributed by atoms with Gasteiger partial charge in [0.2, 0.25) is 0 Å². The Labute approximate surface area is 182 Å². The Morgan fingerprint density at radius 2 is 1.43 bits per heavy atom. The predicted octanol–water partition coefficient (Wildman–Crippen LogP) is 2.60. The summed E-state index contributed by atoms with van der Waals surface area (Å²) in [5.74, 6) is -0.941. The van der Waals surface area contributed by atoms with Crippen LogP contribution in [0.3, 0.4) is 0 Å². The average molecular weight is 433 g/mol. The molecule has 0 aromatic heterocycles. The number of aliphatic hydroxyl groups excluding tert-OH is 1. The smallest absolute Gasteiger partial charge is 0.323 e. The monoisotopic (exact) mass is 432 g/mol. The van der Waals surface area contributed by atoms with Gasteiger partial charge in [-0.1, -0.05) is 6.42 Å². The second-order valence-electron chi connectivity index (χ2n) is 10.5. The van der Waals surface area contributed by atoms with E-state index in [1.54, 1.807) is 46.4 Å². The molecule has 2 atom stereocenters. The van der Waals surface area contributed by atoms with E-state index in [1.165, 1.54) is 0 Å². The number of hydrogen-bond donors (Lipinski definition) is 2. The molecule has 0 aliphatic heterocycles. The summed E-state index contributed by atoms with van der Waals surface area (Å²) in [5.41, 5.74) is 3.68. The molecule has 8 nitrogen and oxygen atoms in total. The zero-order valence-electron chi connectivity index (χ0n) is 20.4. The number of unbranched alkanes of at least 4 members (excludes halogenated alkanes) is 1. The van der Waals surface area contributed by atoms with Crippen LogP contribution in [0.15, 0.2) is 0 Å². The third kappa shape index (κ3) is 14.7. The molecule has 0 heterocycles. The zero-order chi connectivity index (χ0) is 23.8. The Balaban J connectivity index is 5.66. The molecule has 178 valence electrons. The van der Waals surface area contributed by atoms with Gasteiger partial charge < -0.3 is 25.1 Å². The van der Waals surface area contributed by atoms with E-state index < -0.39 is 41.1 Å². The summed E-state index contributed by atoms with van der Waals surface area (Å²) in [6, 6.07) is -0.735. The molecule has 0 bridgehead atoms. The summed E-state index contributed by atoms with van der Waals surface area (Å²) in [4.78, 5) is 27.1. The van der Waals surface area contributed by atoms with E-state index in [0.29, 0.717) is 19.4 Å². The lowest BCUT2D eigenvalue weighted by molar-refractivity contribution is -0.185.